The summed E-state index contributed by atoms with van der Waals surface area (Å²) in [7, 11) is 4.17. The SMILES string of the molecule is C1CCNC1.CCOc1ccccc1-c1ccc(C2CCN(c3ncc(Cl)cc3C#N)C[C@H]2CC)c(CN(C)C)n1. The van der Waals surface area contributed by atoms with E-state index in [4.69, 9.17) is 21.3 Å². The van der Waals surface area contributed by atoms with Crippen LogP contribution in [0.3, 0.4) is 0 Å². The molecule has 0 spiro atoms. The maximum Gasteiger partial charge on any atom is 0.146 e. The summed E-state index contributed by atoms with van der Waals surface area (Å²) in [5.41, 5.74) is 4.92. The number of piperidine rings is 1. The summed E-state index contributed by atoms with van der Waals surface area (Å²) in [4.78, 5) is 14.1. The van der Waals surface area contributed by atoms with Crippen molar-refractivity contribution in [2.24, 2.45) is 5.92 Å². The molecule has 2 fully saturated rings. The number of aromatic nitrogens is 2. The van der Waals surface area contributed by atoms with Crippen molar-refractivity contribution in [3.63, 3.8) is 0 Å². The van der Waals surface area contributed by atoms with Crippen LogP contribution in [0.5, 0.6) is 5.75 Å². The highest BCUT2D eigenvalue weighted by molar-refractivity contribution is 6.30. The molecule has 0 radical (unpaired) electrons. The number of anilines is 1. The molecule has 4 heterocycles. The Morgan fingerprint density at radius 1 is 1.15 bits per heavy atom. The van der Waals surface area contributed by atoms with Gasteiger partial charge in [0.05, 0.1) is 28.6 Å². The Hall–Kier alpha value is -3.18. The lowest BCUT2D eigenvalue weighted by molar-refractivity contribution is 0.336. The van der Waals surface area contributed by atoms with E-state index in [2.05, 4.69) is 65.4 Å². The average Bonchev–Trinajstić information content (AvgIpc) is 3.58. The van der Waals surface area contributed by atoms with Crippen LogP contribution in [-0.2, 0) is 6.54 Å². The topological polar surface area (TPSA) is 77.3 Å². The third-order valence-electron chi connectivity index (χ3n) is 7.81. The molecule has 2 atom stereocenters. The van der Waals surface area contributed by atoms with Crippen LogP contribution in [-0.4, -0.2) is 61.7 Å². The number of rotatable bonds is 8. The van der Waals surface area contributed by atoms with Gasteiger partial charge in [0.15, 0.2) is 0 Å². The van der Waals surface area contributed by atoms with Crippen LogP contribution in [0.15, 0.2) is 48.7 Å². The molecule has 8 heteroatoms. The Kier molecular flexibility index (Phi) is 11.4. The first-order valence-corrected chi connectivity index (χ1v) is 15.2. The maximum absolute atomic E-state index is 9.62. The van der Waals surface area contributed by atoms with Gasteiger partial charge in [0.1, 0.15) is 17.6 Å². The molecule has 2 aromatic heterocycles. The van der Waals surface area contributed by atoms with E-state index in [1.165, 1.54) is 31.5 Å². The highest BCUT2D eigenvalue weighted by Gasteiger charge is 2.32. The average molecular weight is 575 g/mol. The molecule has 0 amide bonds. The third kappa shape index (κ3) is 7.97. The molecule has 2 saturated heterocycles. The summed E-state index contributed by atoms with van der Waals surface area (Å²) < 4.78 is 5.88. The fourth-order valence-electron chi connectivity index (χ4n) is 5.82. The Morgan fingerprint density at radius 3 is 2.59 bits per heavy atom. The number of nitrogens with one attached hydrogen (secondary N) is 1. The number of ether oxygens (including phenoxy) is 1. The van der Waals surface area contributed by atoms with Crippen molar-refractivity contribution >= 4 is 17.4 Å². The van der Waals surface area contributed by atoms with Gasteiger partial charge >= 0.3 is 0 Å². The number of hydrogen-bond acceptors (Lipinski definition) is 7. The molecule has 3 aromatic rings. The van der Waals surface area contributed by atoms with Gasteiger partial charge in [-0.1, -0.05) is 43.1 Å². The molecule has 0 aliphatic carbocycles. The van der Waals surface area contributed by atoms with Gasteiger partial charge in [0, 0.05) is 31.4 Å². The van der Waals surface area contributed by atoms with Crippen molar-refractivity contribution in [2.45, 2.75) is 52.0 Å². The zero-order chi connectivity index (χ0) is 29.2. The normalized spacial score (nSPS) is 18.5. The van der Waals surface area contributed by atoms with Crippen LogP contribution in [0, 0.1) is 17.2 Å². The first-order chi connectivity index (χ1) is 19.9. The van der Waals surface area contributed by atoms with E-state index in [1.54, 1.807) is 12.3 Å². The highest BCUT2D eigenvalue weighted by atomic mass is 35.5. The van der Waals surface area contributed by atoms with E-state index in [1.807, 2.05) is 25.1 Å². The number of pyridine rings is 2. The second-order valence-corrected chi connectivity index (χ2v) is 11.4. The highest BCUT2D eigenvalue weighted by Crippen LogP contribution is 2.39. The van der Waals surface area contributed by atoms with Crippen LogP contribution in [0.4, 0.5) is 5.82 Å². The summed E-state index contributed by atoms with van der Waals surface area (Å²) in [6.07, 6.45) is 6.42. The van der Waals surface area contributed by atoms with Crippen LogP contribution >= 0.6 is 11.6 Å². The molecule has 41 heavy (non-hydrogen) atoms. The van der Waals surface area contributed by atoms with Crippen LogP contribution < -0.4 is 15.0 Å². The Labute approximate surface area is 250 Å². The van der Waals surface area contributed by atoms with E-state index >= 15 is 0 Å². The number of para-hydroxylation sites is 1. The van der Waals surface area contributed by atoms with Gasteiger partial charge in [-0.25, -0.2) is 4.98 Å². The fraction of sp³-hybridized carbons (Fsp3) is 0.485. The molecule has 1 aromatic carbocycles. The smallest absolute Gasteiger partial charge is 0.146 e. The van der Waals surface area contributed by atoms with Crippen molar-refractivity contribution in [3.8, 4) is 23.1 Å². The lowest BCUT2D eigenvalue weighted by atomic mass is 9.78. The quantitative estimate of drug-likeness (QED) is 0.328. The molecule has 218 valence electrons. The molecule has 0 bridgehead atoms. The minimum absolute atomic E-state index is 0.391. The van der Waals surface area contributed by atoms with E-state index in [-0.39, 0.29) is 0 Å². The second kappa shape index (κ2) is 15.2. The van der Waals surface area contributed by atoms with Crippen LogP contribution in [0.25, 0.3) is 11.3 Å². The van der Waals surface area contributed by atoms with Gasteiger partial charge in [-0.2, -0.15) is 5.26 Å². The predicted molar refractivity (Wildman–Crippen MR) is 168 cm³/mol. The van der Waals surface area contributed by atoms with Gasteiger partial charge in [0.2, 0.25) is 0 Å². The monoisotopic (exact) mass is 574 g/mol. The van der Waals surface area contributed by atoms with Crippen molar-refractivity contribution < 1.29 is 4.74 Å². The van der Waals surface area contributed by atoms with E-state index < -0.39 is 0 Å². The van der Waals surface area contributed by atoms with E-state index in [0.29, 0.717) is 29.0 Å². The zero-order valence-electron chi connectivity index (χ0n) is 24.9. The number of halogens is 1. The first-order valence-electron chi connectivity index (χ1n) is 14.8. The molecular weight excluding hydrogens is 532 g/mol. The largest absolute Gasteiger partial charge is 0.493 e. The van der Waals surface area contributed by atoms with Gasteiger partial charge in [0.25, 0.3) is 0 Å². The summed E-state index contributed by atoms with van der Waals surface area (Å²) in [5.74, 6) is 2.41. The number of nitriles is 1. The summed E-state index contributed by atoms with van der Waals surface area (Å²) >= 11 is 6.09. The molecule has 0 saturated carbocycles. The van der Waals surface area contributed by atoms with Crippen molar-refractivity contribution in [1.29, 1.82) is 5.26 Å². The van der Waals surface area contributed by atoms with Crippen molar-refractivity contribution in [2.75, 3.05) is 51.8 Å². The molecular formula is C33H43ClN6O. The van der Waals surface area contributed by atoms with Crippen molar-refractivity contribution in [1.82, 2.24) is 20.2 Å². The summed E-state index contributed by atoms with van der Waals surface area (Å²) in [5, 5.41) is 13.3. The van der Waals surface area contributed by atoms with Gasteiger partial charge in [-0.05, 0) is 95.0 Å². The number of benzene rings is 1. The minimum Gasteiger partial charge on any atom is -0.493 e. The Bertz CT molecular complexity index is 1310. The van der Waals surface area contributed by atoms with Crippen molar-refractivity contribution in [3.05, 3.63) is 70.5 Å². The third-order valence-corrected chi connectivity index (χ3v) is 8.01. The van der Waals surface area contributed by atoms with Gasteiger partial charge < -0.3 is 19.9 Å². The second-order valence-electron chi connectivity index (χ2n) is 11.0. The summed E-state index contributed by atoms with van der Waals surface area (Å²) in [6, 6.07) is 16.5. The van der Waals surface area contributed by atoms with E-state index in [9.17, 15) is 5.26 Å². The van der Waals surface area contributed by atoms with Crippen LogP contribution in [0.2, 0.25) is 5.02 Å². The predicted octanol–water partition coefficient (Wildman–Crippen LogP) is 6.52. The molecule has 5 rings (SSSR count). The summed E-state index contributed by atoms with van der Waals surface area (Å²) in [6.45, 7) is 9.82. The zero-order valence-corrected chi connectivity index (χ0v) is 25.6. The van der Waals surface area contributed by atoms with E-state index in [0.717, 1.165) is 61.0 Å². The first kappa shape index (κ1) is 30.8. The number of nitrogens with zero attached hydrogens (tertiary/aromatic N) is 5. The Morgan fingerprint density at radius 2 is 1.93 bits per heavy atom. The number of hydrogen-bond donors (Lipinski definition) is 1. The molecule has 2 aliphatic heterocycles. The lowest BCUT2D eigenvalue weighted by Gasteiger charge is -2.40. The molecule has 2 aliphatic rings. The fourth-order valence-corrected chi connectivity index (χ4v) is 5.98. The molecule has 7 nitrogen and oxygen atoms in total. The van der Waals surface area contributed by atoms with Gasteiger partial charge in [-0.3, -0.25) is 4.98 Å². The minimum atomic E-state index is 0.391. The standard InChI is InChI=1S/C29H34ClN5O.C4H9N/c1-5-20-18-35(29-21(16-31)15-22(30)17-32-29)14-13-23(20)24-11-12-26(33-27(24)19-34(3)4)25-9-7-8-10-28(25)36-6-2;1-2-4-5-3-1/h7-12,15,17,20,23H,5-6,13-14,18-19H2,1-4H3;5H,1-4H2/t20-,23?;/m1./s1. The molecule has 1 unspecified atom stereocenters. The Balaban J connectivity index is 0.000000699. The molecule has 1 N–H and O–H groups in total. The van der Waals surface area contributed by atoms with Gasteiger partial charge in [-0.15, -0.1) is 0 Å². The lowest BCUT2D eigenvalue weighted by Crippen LogP contribution is -2.40. The maximum atomic E-state index is 9.62. The van der Waals surface area contributed by atoms with Crippen LogP contribution in [0.1, 0.15) is 62.3 Å².